The van der Waals surface area contributed by atoms with Crippen LogP contribution in [0.5, 0.6) is 5.75 Å². The van der Waals surface area contributed by atoms with Crippen molar-refractivity contribution in [3.63, 3.8) is 0 Å². The first-order valence-electron chi connectivity index (χ1n) is 8.65. The van der Waals surface area contributed by atoms with E-state index in [2.05, 4.69) is 44.2 Å². The largest absolute Gasteiger partial charge is 0.490 e. The van der Waals surface area contributed by atoms with Crippen LogP contribution in [-0.2, 0) is 6.42 Å². The molecule has 136 valence electrons. The van der Waals surface area contributed by atoms with E-state index in [1.54, 1.807) is 6.33 Å². The fourth-order valence-corrected chi connectivity index (χ4v) is 3.30. The van der Waals surface area contributed by atoms with Crippen LogP contribution in [0.2, 0.25) is 5.02 Å². The summed E-state index contributed by atoms with van der Waals surface area (Å²) in [5, 5.41) is 3.93. The standard InChI is InChI=1S/C19H25BrClN3O/c1-4-5-6-7-15-10-13(2)18(16(21)11-15)25-9-8-22-19-17(20)14(3)23-12-24-19/h10-12H,4-9H2,1-3H3,(H,22,23,24). The number of halogens is 2. The maximum absolute atomic E-state index is 6.42. The summed E-state index contributed by atoms with van der Waals surface area (Å²) in [5.74, 6) is 1.53. The van der Waals surface area contributed by atoms with E-state index in [4.69, 9.17) is 16.3 Å². The molecule has 1 heterocycles. The number of nitrogens with one attached hydrogen (secondary N) is 1. The van der Waals surface area contributed by atoms with Crippen molar-refractivity contribution in [3.05, 3.63) is 44.8 Å². The van der Waals surface area contributed by atoms with E-state index in [0.29, 0.717) is 18.2 Å². The smallest absolute Gasteiger partial charge is 0.144 e. The van der Waals surface area contributed by atoms with Gasteiger partial charge < -0.3 is 10.1 Å². The van der Waals surface area contributed by atoms with Crippen LogP contribution in [0.1, 0.15) is 43.0 Å². The molecule has 0 saturated heterocycles. The van der Waals surface area contributed by atoms with E-state index < -0.39 is 0 Å². The molecule has 0 spiro atoms. The molecular weight excluding hydrogens is 402 g/mol. The lowest BCUT2D eigenvalue weighted by molar-refractivity contribution is 0.330. The van der Waals surface area contributed by atoms with Crippen LogP contribution >= 0.6 is 27.5 Å². The van der Waals surface area contributed by atoms with Gasteiger partial charge in [-0.05, 0) is 59.8 Å². The summed E-state index contributed by atoms with van der Waals surface area (Å²) in [7, 11) is 0. The predicted octanol–water partition coefficient (Wildman–Crippen LogP) is 5.73. The van der Waals surface area contributed by atoms with E-state index in [9.17, 15) is 0 Å². The number of hydrogen-bond acceptors (Lipinski definition) is 4. The summed E-state index contributed by atoms with van der Waals surface area (Å²) in [4.78, 5) is 8.34. The molecule has 2 rings (SSSR count). The normalized spacial score (nSPS) is 10.8. The maximum Gasteiger partial charge on any atom is 0.144 e. The number of ether oxygens (including phenoxy) is 1. The minimum atomic E-state index is 0.505. The van der Waals surface area contributed by atoms with Crippen LogP contribution in [0.15, 0.2) is 22.9 Å². The second-order valence-corrected chi connectivity index (χ2v) is 7.28. The molecule has 1 aromatic carbocycles. The van der Waals surface area contributed by atoms with Crippen molar-refractivity contribution in [2.24, 2.45) is 0 Å². The van der Waals surface area contributed by atoms with Gasteiger partial charge in [-0.25, -0.2) is 9.97 Å². The highest BCUT2D eigenvalue weighted by atomic mass is 79.9. The third-order valence-electron chi connectivity index (χ3n) is 3.96. The van der Waals surface area contributed by atoms with Crippen molar-refractivity contribution in [2.45, 2.75) is 46.5 Å². The Bertz CT molecular complexity index is 686. The molecule has 1 aromatic heterocycles. The first kappa shape index (κ1) is 20.0. The quantitative estimate of drug-likeness (QED) is 0.520. The lowest BCUT2D eigenvalue weighted by Gasteiger charge is -2.14. The van der Waals surface area contributed by atoms with Gasteiger partial charge in [0.25, 0.3) is 0 Å². The molecule has 0 radical (unpaired) electrons. The van der Waals surface area contributed by atoms with Gasteiger partial charge in [0.05, 0.1) is 21.7 Å². The van der Waals surface area contributed by atoms with Gasteiger partial charge >= 0.3 is 0 Å². The zero-order chi connectivity index (χ0) is 18.2. The van der Waals surface area contributed by atoms with E-state index in [1.807, 2.05) is 19.9 Å². The summed E-state index contributed by atoms with van der Waals surface area (Å²) >= 11 is 9.90. The number of aromatic nitrogens is 2. The SMILES string of the molecule is CCCCCc1cc(C)c(OCCNc2ncnc(C)c2Br)c(Cl)c1. The lowest BCUT2D eigenvalue weighted by Crippen LogP contribution is -2.14. The van der Waals surface area contributed by atoms with E-state index in [-0.39, 0.29) is 0 Å². The van der Waals surface area contributed by atoms with Gasteiger partial charge in [0.15, 0.2) is 0 Å². The molecule has 2 aromatic rings. The van der Waals surface area contributed by atoms with Crippen LogP contribution < -0.4 is 10.1 Å². The van der Waals surface area contributed by atoms with Crippen molar-refractivity contribution >= 4 is 33.3 Å². The third-order valence-corrected chi connectivity index (χ3v) is 5.19. The molecule has 0 unspecified atom stereocenters. The van der Waals surface area contributed by atoms with Crippen LogP contribution in [0.25, 0.3) is 0 Å². The van der Waals surface area contributed by atoms with Crippen molar-refractivity contribution in [2.75, 3.05) is 18.5 Å². The summed E-state index contributed by atoms with van der Waals surface area (Å²) in [6, 6.07) is 4.20. The van der Waals surface area contributed by atoms with E-state index in [0.717, 1.165) is 33.7 Å². The number of benzene rings is 1. The van der Waals surface area contributed by atoms with Gasteiger partial charge in [-0.2, -0.15) is 0 Å². The molecule has 0 amide bonds. The molecule has 0 aliphatic carbocycles. The summed E-state index contributed by atoms with van der Waals surface area (Å²) in [6.07, 6.45) is 6.28. The number of hydrogen-bond donors (Lipinski definition) is 1. The molecule has 4 nitrogen and oxygen atoms in total. The molecule has 1 N–H and O–H groups in total. The number of rotatable bonds is 9. The maximum atomic E-state index is 6.42. The highest BCUT2D eigenvalue weighted by molar-refractivity contribution is 9.10. The highest BCUT2D eigenvalue weighted by Crippen LogP contribution is 2.30. The number of anilines is 1. The van der Waals surface area contributed by atoms with Crippen molar-refractivity contribution < 1.29 is 4.74 Å². The molecule has 6 heteroatoms. The predicted molar refractivity (Wildman–Crippen MR) is 108 cm³/mol. The van der Waals surface area contributed by atoms with Crippen LogP contribution in [0.3, 0.4) is 0 Å². The van der Waals surface area contributed by atoms with Crippen LogP contribution in [0.4, 0.5) is 5.82 Å². The van der Waals surface area contributed by atoms with Gasteiger partial charge in [-0.15, -0.1) is 0 Å². The number of unbranched alkanes of at least 4 members (excludes halogenated alkanes) is 2. The van der Waals surface area contributed by atoms with Crippen LogP contribution in [-0.4, -0.2) is 23.1 Å². The van der Waals surface area contributed by atoms with Crippen LogP contribution in [0, 0.1) is 13.8 Å². The molecule has 0 saturated carbocycles. The average molecular weight is 427 g/mol. The Morgan fingerprint density at radius 1 is 1.20 bits per heavy atom. The fourth-order valence-electron chi connectivity index (χ4n) is 2.61. The Morgan fingerprint density at radius 2 is 2.00 bits per heavy atom. The first-order valence-corrected chi connectivity index (χ1v) is 9.82. The number of aryl methyl sites for hydroxylation is 3. The molecule has 0 fully saturated rings. The first-order chi connectivity index (χ1) is 12.0. The van der Waals surface area contributed by atoms with Gasteiger partial charge in [-0.1, -0.05) is 37.4 Å². The van der Waals surface area contributed by atoms with E-state index >= 15 is 0 Å². The molecular formula is C19H25BrClN3O. The summed E-state index contributed by atoms with van der Waals surface area (Å²) in [5.41, 5.74) is 3.26. The average Bonchev–Trinajstić information content (AvgIpc) is 2.57. The van der Waals surface area contributed by atoms with Gasteiger partial charge in [0.1, 0.15) is 24.5 Å². The molecule has 0 atom stereocenters. The zero-order valence-corrected chi connectivity index (χ0v) is 17.4. The zero-order valence-electron chi connectivity index (χ0n) is 15.0. The minimum absolute atomic E-state index is 0.505. The Kier molecular flexibility index (Phi) is 7.97. The van der Waals surface area contributed by atoms with Gasteiger partial charge in [0, 0.05) is 0 Å². The Balaban J connectivity index is 1.89. The molecule has 0 bridgehead atoms. The van der Waals surface area contributed by atoms with E-state index in [1.165, 1.54) is 24.8 Å². The van der Waals surface area contributed by atoms with Gasteiger partial charge in [0.2, 0.25) is 0 Å². The topological polar surface area (TPSA) is 47.0 Å². The lowest BCUT2D eigenvalue weighted by atomic mass is 10.0. The second kappa shape index (κ2) is 9.97. The monoisotopic (exact) mass is 425 g/mol. The minimum Gasteiger partial charge on any atom is -0.490 e. The Labute approximate surface area is 163 Å². The second-order valence-electron chi connectivity index (χ2n) is 6.08. The number of nitrogens with zero attached hydrogens (tertiary/aromatic N) is 2. The fraction of sp³-hybridized carbons (Fsp3) is 0.474. The summed E-state index contributed by atoms with van der Waals surface area (Å²) < 4.78 is 6.76. The molecule has 0 aliphatic heterocycles. The van der Waals surface area contributed by atoms with Crippen molar-refractivity contribution in [1.29, 1.82) is 0 Å². The van der Waals surface area contributed by atoms with Crippen molar-refractivity contribution in [1.82, 2.24) is 9.97 Å². The molecule has 0 aliphatic rings. The Hall–Kier alpha value is -1.33. The van der Waals surface area contributed by atoms with Crippen molar-refractivity contribution in [3.8, 4) is 5.75 Å². The Morgan fingerprint density at radius 3 is 2.72 bits per heavy atom. The highest BCUT2D eigenvalue weighted by Gasteiger charge is 2.09. The third kappa shape index (κ3) is 5.86. The van der Waals surface area contributed by atoms with Gasteiger partial charge in [-0.3, -0.25) is 0 Å². The summed E-state index contributed by atoms with van der Waals surface area (Å²) in [6.45, 7) is 7.32. The molecule has 25 heavy (non-hydrogen) atoms.